The third-order valence-corrected chi connectivity index (χ3v) is 14.5. The molecule has 11 heteroatoms. The Hall–Kier alpha value is -2.60. The van der Waals surface area contributed by atoms with Gasteiger partial charge in [0.1, 0.15) is 12.4 Å². The van der Waals surface area contributed by atoms with E-state index in [4.69, 9.17) is 4.74 Å². The number of H-pyrrole nitrogens is 1. The Labute approximate surface area is 282 Å². The van der Waals surface area contributed by atoms with Gasteiger partial charge in [-0.2, -0.15) is 0 Å². The lowest BCUT2D eigenvalue weighted by Gasteiger charge is -2.63. The van der Waals surface area contributed by atoms with Gasteiger partial charge in [0.25, 0.3) is 5.56 Å². The normalized spacial score (nSPS) is 43.1. The minimum Gasteiger partial charge on any atom is -0.465 e. The molecule has 7 rings (SSSR count). The van der Waals surface area contributed by atoms with E-state index >= 15 is 0 Å². The molecule has 2 aromatic rings. The number of aromatic amines is 1. The standard InChI is InChI=1S/C37H54N4O7/c1-18(24-7-8-25-32-26(14-30(45)37(24,25)5)36(4)11-10-22(42)12-21(36)13-29(32)44)6-9-31(46)48-16-23-19(2)27(15-28(23)43)41-17-38-33-34(41)39-20(3)40-35(33)47/h17-18,21-30,32,42-45H,2,6-16H2,1,3-5H3,(H,39,40,47)/t18-,21+,22-,23+,24-,25+,26+,27+,28+,29-,30+,32+,36+,37-/m1/s1. The number of imidazole rings is 1. The van der Waals surface area contributed by atoms with Gasteiger partial charge in [0.2, 0.25) is 0 Å². The average molecular weight is 667 g/mol. The molecule has 0 amide bonds. The van der Waals surface area contributed by atoms with Crippen LogP contribution in [0.1, 0.15) is 96.8 Å². The minimum absolute atomic E-state index is 0.0308. The van der Waals surface area contributed by atoms with Crippen molar-refractivity contribution in [3.05, 3.63) is 34.7 Å². The molecular weight excluding hydrogens is 612 g/mol. The van der Waals surface area contributed by atoms with E-state index in [1.54, 1.807) is 17.8 Å². The average Bonchev–Trinajstić information content (AvgIpc) is 3.69. The molecule has 0 spiro atoms. The number of aliphatic hydroxyl groups is 4. The zero-order chi connectivity index (χ0) is 34.3. The SMILES string of the molecule is C=C1[C@H](COC(=O)CC[C@@H](C)[C@H]2CC[C@H]3[C@@H]4[C@H](O)C[C@@H]5C[C@H](O)CC[C@]5(C)[C@H]4C[C@H](O)[C@]23C)[C@@H](O)C[C@@H]1n1cnc2c(=O)[nH]c(C)nc21. The van der Waals surface area contributed by atoms with Crippen LogP contribution in [0.2, 0.25) is 0 Å². The maximum atomic E-state index is 13.0. The van der Waals surface area contributed by atoms with Crippen LogP contribution in [-0.2, 0) is 9.53 Å². The lowest BCUT2D eigenvalue weighted by Crippen LogP contribution is -2.62. The summed E-state index contributed by atoms with van der Waals surface area (Å²) in [6.45, 7) is 12.7. The van der Waals surface area contributed by atoms with Gasteiger partial charge in [0, 0.05) is 12.3 Å². The Morgan fingerprint density at radius 1 is 1.10 bits per heavy atom. The highest BCUT2D eigenvalue weighted by atomic mass is 16.5. The van der Waals surface area contributed by atoms with Gasteiger partial charge in [0.15, 0.2) is 11.2 Å². The summed E-state index contributed by atoms with van der Waals surface area (Å²) in [5.41, 5.74) is 0.791. The van der Waals surface area contributed by atoms with Crippen molar-refractivity contribution in [2.24, 2.45) is 52.3 Å². The van der Waals surface area contributed by atoms with Crippen molar-refractivity contribution in [1.82, 2.24) is 19.5 Å². The smallest absolute Gasteiger partial charge is 0.305 e. The zero-order valence-electron chi connectivity index (χ0n) is 28.8. The number of nitrogens with zero attached hydrogens (tertiary/aromatic N) is 3. The van der Waals surface area contributed by atoms with Gasteiger partial charge in [-0.1, -0.05) is 27.4 Å². The fourth-order valence-electron chi connectivity index (χ4n) is 11.7. The van der Waals surface area contributed by atoms with E-state index in [2.05, 4.69) is 42.3 Å². The van der Waals surface area contributed by atoms with Gasteiger partial charge in [-0.05, 0) is 117 Å². The van der Waals surface area contributed by atoms with Crippen molar-refractivity contribution in [3.63, 3.8) is 0 Å². The summed E-state index contributed by atoms with van der Waals surface area (Å²) in [7, 11) is 0. The Morgan fingerprint density at radius 3 is 2.65 bits per heavy atom. The van der Waals surface area contributed by atoms with Gasteiger partial charge in [0.05, 0.1) is 36.8 Å². The van der Waals surface area contributed by atoms with Gasteiger partial charge >= 0.3 is 5.97 Å². The van der Waals surface area contributed by atoms with E-state index in [9.17, 15) is 30.0 Å². The molecule has 0 bridgehead atoms. The molecule has 0 aromatic carbocycles. The summed E-state index contributed by atoms with van der Waals surface area (Å²) in [5.74, 6) is 1.10. The van der Waals surface area contributed by atoms with Crippen molar-refractivity contribution < 1.29 is 30.0 Å². The van der Waals surface area contributed by atoms with Gasteiger partial charge in [-0.3, -0.25) is 9.59 Å². The first kappa shape index (κ1) is 33.9. The molecule has 0 unspecified atom stereocenters. The maximum Gasteiger partial charge on any atom is 0.305 e. The first-order chi connectivity index (χ1) is 22.7. The topological polar surface area (TPSA) is 171 Å². The monoisotopic (exact) mass is 666 g/mol. The van der Waals surface area contributed by atoms with Crippen LogP contribution >= 0.6 is 0 Å². The number of hydrogen-bond donors (Lipinski definition) is 5. The highest BCUT2D eigenvalue weighted by molar-refractivity contribution is 5.70. The number of hydrogen-bond acceptors (Lipinski definition) is 9. The van der Waals surface area contributed by atoms with E-state index in [-0.39, 0.29) is 82.6 Å². The lowest BCUT2D eigenvalue weighted by atomic mass is 9.43. The van der Waals surface area contributed by atoms with Crippen LogP contribution in [0.3, 0.4) is 0 Å². The lowest BCUT2D eigenvalue weighted by molar-refractivity contribution is -0.207. The summed E-state index contributed by atoms with van der Waals surface area (Å²) in [5, 5.41) is 44.7. The summed E-state index contributed by atoms with van der Waals surface area (Å²) in [6, 6.07) is -0.319. The molecule has 0 radical (unpaired) electrons. The summed E-state index contributed by atoms with van der Waals surface area (Å²) >= 11 is 0. The largest absolute Gasteiger partial charge is 0.465 e. The van der Waals surface area contributed by atoms with Crippen LogP contribution in [0.4, 0.5) is 0 Å². The molecule has 5 aliphatic carbocycles. The minimum atomic E-state index is -0.756. The first-order valence-electron chi connectivity index (χ1n) is 18.2. The molecule has 0 aliphatic heterocycles. The van der Waals surface area contributed by atoms with E-state index in [1.165, 1.54) is 0 Å². The molecule has 14 atom stereocenters. The Kier molecular flexibility index (Phi) is 8.69. The molecule has 2 aromatic heterocycles. The first-order valence-corrected chi connectivity index (χ1v) is 18.2. The highest BCUT2D eigenvalue weighted by Crippen LogP contribution is 2.68. The molecule has 264 valence electrons. The molecule has 48 heavy (non-hydrogen) atoms. The molecule has 0 saturated heterocycles. The molecule has 2 heterocycles. The number of fused-ring (bicyclic) bond motifs is 6. The molecule has 5 saturated carbocycles. The molecule has 5 N–H and O–H groups in total. The second-order valence-electron chi connectivity index (χ2n) is 16.7. The van der Waals surface area contributed by atoms with Crippen molar-refractivity contribution in [3.8, 4) is 0 Å². The predicted molar refractivity (Wildman–Crippen MR) is 179 cm³/mol. The molecule has 5 aliphatic rings. The van der Waals surface area contributed by atoms with Crippen molar-refractivity contribution in [2.75, 3.05) is 6.61 Å². The van der Waals surface area contributed by atoms with Gasteiger partial charge in [-0.15, -0.1) is 0 Å². The Balaban J connectivity index is 0.961. The number of aromatic nitrogens is 4. The van der Waals surface area contributed by atoms with Gasteiger partial charge in [-0.25, -0.2) is 9.97 Å². The van der Waals surface area contributed by atoms with Crippen molar-refractivity contribution >= 4 is 17.1 Å². The van der Waals surface area contributed by atoms with Crippen LogP contribution in [0.5, 0.6) is 0 Å². The number of carbonyl (C=O) groups is 1. The summed E-state index contributed by atoms with van der Waals surface area (Å²) in [6.07, 6.45) is 6.78. The number of aliphatic hydroxyl groups excluding tert-OH is 4. The van der Waals surface area contributed by atoms with Crippen molar-refractivity contribution in [2.45, 2.75) is 122 Å². The number of ether oxygens (including phenoxy) is 1. The zero-order valence-corrected chi connectivity index (χ0v) is 28.8. The third-order valence-electron chi connectivity index (χ3n) is 14.5. The van der Waals surface area contributed by atoms with Crippen LogP contribution in [-0.4, -0.2) is 76.9 Å². The number of esters is 1. The van der Waals surface area contributed by atoms with Crippen LogP contribution in [0, 0.1) is 59.2 Å². The van der Waals surface area contributed by atoms with E-state index in [0.717, 1.165) is 38.5 Å². The fraction of sp³-hybridized carbons (Fsp3) is 0.784. The Morgan fingerprint density at radius 2 is 1.88 bits per heavy atom. The summed E-state index contributed by atoms with van der Waals surface area (Å²) in [4.78, 5) is 36.7. The van der Waals surface area contributed by atoms with Crippen LogP contribution in [0.25, 0.3) is 11.2 Å². The second-order valence-corrected chi connectivity index (χ2v) is 16.7. The van der Waals surface area contributed by atoms with E-state index in [1.807, 2.05) is 0 Å². The van der Waals surface area contributed by atoms with Crippen molar-refractivity contribution in [1.29, 1.82) is 0 Å². The van der Waals surface area contributed by atoms with Crippen LogP contribution < -0.4 is 5.56 Å². The second kappa shape index (κ2) is 12.3. The summed E-state index contributed by atoms with van der Waals surface area (Å²) < 4.78 is 7.49. The van der Waals surface area contributed by atoms with Gasteiger partial charge < -0.3 is 34.7 Å². The molecular formula is C37H54N4O7. The fourth-order valence-corrected chi connectivity index (χ4v) is 11.7. The highest BCUT2D eigenvalue weighted by Gasteiger charge is 2.65. The number of aryl methyl sites for hydroxylation is 1. The predicted octanol–water partition coefficient (Wildman–Crippen LogP) is 3.83. The Bertz CT molecular complexity index is 1620. The van der Waals surface area contributed by atoms with E-state index < -0.39 is 24.2 Å². The maximum absolute atomic E-state index is 13.0. The quantitative estimate of drug-likeness (QED) is 0.218. The number of nitrogens with one attached hydrogen (secondary N) is 1. The van der Waals surface area contributed by atoms with E-state index in [0.29, 0.717) is 42.2 Å². The molecule has 5 fully saturated rings. The third kappa shape index (κ3) is 5.29. The number of rotatable bonds is 7. The van der Waals surface area contributed by atoms with Crippen LogP contribution in [0.15, 0.2) is 23.3 Å². The molecule has 11 nitrogen and oxygen atoms in total. The number of carbonyl (C=O) groups excluding carboxylic acids is 1.